The average Bonchev–Trinajstić information content (AvgIpc) is 2.31. The molecule has 0 unspecified atom stereocenters. The molecule has 0 aliphatic heterocycles. The summed E-state index contributed by atoms with van der Waals surface area (Å²) in [6, 6.07) is 1.26. The quantitative estimate of drug-likeness (QED) is 0.620. The third-order valence-corrected chi connectivity index (χ3v) is 2.73. The molecule has 0 aromatic carbocycles. The molecule has 0 radical (unpaired) electrons. The van der Waals surface area contributed by atoms with Crippen LogP contribution in [0, 0.1) is 0 Å². The summed E-state index contributed by atoms with van der Waals surface area (Å²) in [5.41, 5.74) is -0.918. The first kappa shape index (κ1) is 14.8. The number of ether oxygens (including phenoxy) is 1. The van der Waals surface area contributed by atoms with Crippen molar-refractivity contribution in [3.05, 3.63) is 45.0 Å². The van der Waals surface area contributed by atoms with Gasteiger partial charge in [0.05, 0.1) is 6.10 Å². The van der Waals surface area contributed by atoms with Gasteiger partial charge < -0.3 is 19.1 Å². The number of H-pyrrole nitrogens is 1. The molecule has 0 bridgehead atoms. The van der Waals surface area contributed by atoms with Crippen LogP contribution in [0.2, 0.25) is 0 Å². The van der Waals surface area contributed by atoms with Gasteiger partial charge in [0.2, 0.25) is 0 Å². The molecule has 7 nitrogen and oxygen atoms in total. The monoisotopic (exact) mass is 274 g/mol. The molecular formula is C10H15N2O5P. The van der Waals surface area contributed by atoms with Crippen molar-refractivity contribution in [1.29, 1.82) is 0 Å². The van der Waals surface area contributed by atoms with Gasteiger partial charge in [-0.2, -0.15) is 0 Å². The van der Waals surface area contributed by atoms with Crippen molar-refractivity contribution in [2.75, 3.05) is 7.11 Å². The zero-order valence-corrected chi connectivity index (χ0v) is 10.7. The van der Waals surface area contributed by atoms with Gasteiger partial charge in [0.15, 0.2) is 8.38 Å². The van der Waals surface area contributed by atoms with Gasteiger partial charge in [-0.15, -0.1) is 0 Å². The molecule has 0 saturated carbocycles. The predicted octanol–water partition coefficient (Wildman–Crippen LogP) is -0.248. The van der Waals surface area contributed by atoms with Crippen molar-refractivity contribution in [3.63, 3.8) is 0 Å². The van der Waals surface area contributed by atoms with Gasteiger partial charge in [0, 0.05) is 25.9 Å². The molecule has 0 spiro atoms. The highest BCUT2D eigenvalue weighted by Crippen LogP contribution is 2.24. The summed E-state index contributed by atoms with van der Waals surface area (Å²) < 4.78 is 6.45. The van der Waals surface area contributed by atoms with Crippen LogP contribution in [0.15, 0.2) is 33.7 Å². The van der Waals surface area contributed by atoms with E-state index in [0.717, 1.165) is 0 Å². The summed E-state index contributed by atoms with van der Waals surface area (Å²) in [6.45, 7) is 0.354. The van der Waals surface area contributed by atoms with Crippen LogP contribution in [0.5, 0.6) is 0 Å². The van der Waals surface area contributed by atoms with E-state index >= 15 is 0 Å². The van der Waals surface area contributed by atoms with E-state index in [9.17, 15) is 9.59 Å². The van der Waals surface area contributed by atoms with Gasteiger partial charge in [-0.25, -0.2) is 4.79 Å². The summed E-state index contributed by atoms with van der Waals surface area (Å²) in [7, 11) is -0.603. The minimum atomic E-state index is -2.09. The van der Waals surface area contributed by atoms with Gasteiger partial charge in [0.25, 0.3) is 5.56 Å². The van der Waals surface area contributed by atoms with Gasteiger partial charge in [-0.3, -0.25) is 9.78 Å². The fraction of sp³-hybridized carbons (Fsp3) is 0.400. The first-order valence-corrected chi connectivity index (χ1v) is 6.52. The van der Waals surface area contributed by atoms with Crippen LogP contribution in [0.3, 0.4) is 0 Å². The molecule has 18 heavy (non-hydrogen) atoms. The van der Waals surface area contributed by atoms with E-state index in [1.165, 1.54) is 35.8 Å². The lowest BCUT2D eigenvalue weighted by Gasteiger charge is -2.11. The number of rotatable bonds is 6. The minimum absolute atomic E-state index is 0.326. The number of nitrogens with zero attached hydrogens (tertiary/aromatic N) is 1. The molecule has 0 amide bonds. The van der Waals surface area contributed by atoms with E-state index in [4.69, 9.17) is 14.5 Å². The Bertz CT molecular complexity index is 507. The largest absolute Gasteiger partial charge is 0.377 e. The van der Waals surface area contributed by atoms with Gasteiger partial charge in [-0.05, 0) is 12.2 Å². The number of aryl methyl sites for hydroxylation is 1. The molecule has 1 rings (SSSR count). The highest BCUT2D eigenvalue weighted by molar-refractivity contribution is 7.48. The van der Waals surface area contributed by atoms with Crippen molar-refractivity contribution in [3.8, 4) is 0 Å². The fourth-order valence-corrected chi connectivity index (χ4v) is 1.70. The Morgan fingerprint density at radius 2 is 2.28 bits per heavy atom. The summed E-state index contributed by atoms with van der Waals surface area (Å²) in [5, 5.41) is 0. The lowest BCUT2D eigenvalue weighted by atomic mass is 10.2. The van der Waals surface area contributed by atoms with Crippen LogP contribution in [0.1, 0.15) is 6.42 Å². The maximum Gasteiger partial charge on any atom is 0.328 e. The number of nitrogens with one attached hydrogen (secondary N) is 1. The highest BCUT2D eigenvalue weighted by atomic mass is 31.2. The number of aromatic amines is 1. The lowest BCUT2D eigenvalue weighted by molar-refractivity contribution is 0.129. The Morgan fingerprint density at radius 3 is 2.83 bits per heavy atom. The van der Waals surface area contributed by atoms with Crippen LogP contribution in [0.4, 0.5) is 0 Å². The molecule has 0 fully saturated rings. The van der Waals surface area contributed by atoms with E-state index in [1.54, 1.807) is 0 Å². The summed E-state index contributed by atoms with van der Waals surface area (Å²) in [6.07, 6.45) is 3.08. The highest BCUT2D eigenvalue weighted by Gasteiger charge is 2.05. The Balaban J connectivity index is 2.62. The Morgan fingerprint density at radius 1 is 1.56 bits per heavy atom. The normalized spacial score (nSPS) is 13.3. The SMILES string of the molecule is CO[C@H](/C=C/P(O)O)CCn1ccc(=O)[nH]c1=O. The van der Waals surface area contributed by atoms with Crippen molar-refractivity contribution in [1.82, 2.24) is 9.55 Å². The number of methoxy groups -OCH3 is 1. The topological polar surface area (TPSA) is 105 Å². The van der Waals surface area contributed by atoms with Gasteiger partial charge in [0.1, 0.15) is 0 Å². The summed E-state index contributed by atoms with van der Waals surface area (Å²) in [5.74, 6) is 1.25. The molecular weight excluding hydrogens is 259 g/mol. The van der Waals surface area contributed by atoms with E-state index in [-0.39, 0.29) is 6.10 Å². The molecule has 1 heterocycles. The van der Waals surface area contributed by atoms with Crippen LogP contribution in [-0.2, 0) is 11.3 Å². The molecule has 0 saturated heterocycles. The zero-order valence-electron chi connectivity index (χ0n) is 9.81. The third kappa shape index (κ3) is 4.93. The minimum Gasteiger partial charge on any atom is -0.377 e. The van der Waals surface area contributed by atoms with Crippen molar-refractivity contribution < 1.29 is 14.5 Å². The first-order valence-electron chi connectivity index (χ1n) is 5.21. The second kappa shape index (κ2) is 7.23. The van der Waals surface area contributed by atoms with Gasteiger partial charge in [-0.1, -0.05) is 6.08 Å². The molecule has 0 aliphatic rings. The van der Waals surface area contributed by atoms with Crippen LogP contribution in [-0.4, -0.2) is 32.6 Å². The van der Waals surface area contributed by atoms with E-state index < -0.39 is 19.6 Å². The van der Waals surface area contributed by atoms with Crippen LogP contribution in [0.25, 0.3) is 0 Å². The maximum absolute atomic E-state index is 11.4. The summed E-state index contributed by atoms with van der Waals surface area (Å²) >= 11 is 0. The van der Waals surface area contributed by atoms with Crippen LogP contribution < -0.4 is 11.2 Å². The number of hydrogen-bond donors (Lipinski definition) is 3. The van der Waals surface area contributed by atoms with E-state index in [0.29, 0.717) is 13.0 Å². The average molecular weight is 274 g/mol. The Hall–Kier alpha value is -1.27. The second-order valence-electron chi connectivity index (χ2n) is 3.53. The first-order chi connectivity index (χ1) is 8.52. The molecule has 3 N–H and O–H groups in total. The lowest BCUT2D eigenvalue weighted by Crippen LogP contribution is -2.29. The molecule has 1 atom stereocenters. The van der Waals surface area contributed by atoms with Gasteiger partial charge >= 0.3 is 5.69 Å². The Kier molecular flexibility index (Phi) is 5.94. The molecule has 1 aromatic rings. The molecule has 0 aliphatic carbocycles. The molecule has 8 heteroatoms. The fourth-order valence-electron chi connectivity index (χ4n) is 1.35. The van der Waals surface area contributed by atoms with Crippen molar-refractivity contribution in [2.24, 2.45) is 0 Å². The number of hydrogen-bond acceptors (Lipinski definition) is 5. The standard InChI is InChI=1S/C10H15N2O5P/c1-17-8(4-7-18(15)16)2-5-12-6-3-9(13)11-10(12)14/h3-4,6-8,15-16H,2,5H2,1H3,(H,11,13,14)/b7-4+/t8-/m0/s1. The van der Waals surface area contributed by atoms with Crippen molar-refractivity contribution in [2.45, 2.75) is 19.1 Å². The van der Waals surface area contributed by atoms with Crippen LogP contribution >= 0.6 is 8.38 Å². The van der Waals surface area contributed by atoms with Crippen molar-refractivity contribution >= 4 is 8.38 Å². The maximum atomic E-state index is 11.4. The molecule has 1 aromatic heterocycles. The molecule has 100 valence electrons. The van der Waals surface area contributed by atoms with E-state index in [1.807, 2.05) is 0 Å². The second-order valence-corrected chi connectivity index (χ2v) is 4.47. The predicted molar refractivity (Wildman–Crippen MR) is 67.2 cm³/mol. The smallest absolute Gasteiger partial charge is 0.328 e. The third-order valence-electron chi connectivity index (χ3n) is 2.29. The zero-order chi connectivity index (χ0) is 13.5. The summed E-state index contributed by atoms with van der Waals surface area (Å²) in [4.78, 5) is 41.9. The Labute approximate surface area is 104 Å². The van der Waals surface area contributed by atoms with E-state index in [2.05, 4.69) is 4.98 Å². The number of aromatic nitrogens is 2.